The maximum Gasteiger partial charge on any atom is 0.257 e. The molecule has 0 atom stereocenters. The van der Waals surface area contributed by atoms with E-state index in [4.69, 9.17) is 5.73 Å². The number of hydrogen-bond donors (Lipinski definition) is 1. The van der Waals surface area contributed by atoms with Crippen molar-refractivity contribution in [3.63, 3.8) is 0 Å². The summed E-state index contributed by atoms with van der Waals surface area (Å²) < 4.78 is 26.9. The second kappa shape index (κ2) is 6.95. The zero-order chi connectivity index (χ0) is 15.2. The predicted molar refractivity (Wildman–Crippen MR) is 76.6 cm³/mol. The average Bonchev–Trinajstić information content (AvgIpc) is 2.49. The Labute approximate surface area is 122 Å². The lowest BCUT2D eigenvalue weighted by atomic mass is 10.1. The van der Waals surface area contributed by atoms with Gasteiger partial charge in [0.25, 0.3) is 5.91 Å². The minimum Gasteiger partial charge on any atom is -0.333 e. The van der Waals surface area contributed by atoms with E-state index in [9.17, 15) is 13.6 Å². The van der Waals surface area contributed by atoms with Crippen molar-refractivity contribution in [3.8, 4) is 0 Å². The molecule has 21 heavy (non-hydrogen) atoms. The topological polar surface area (TPSA) is 46.3 Å². The Morgan fingerprint density at radius 3 is 2.48 bits per heavy atom. The molecule has 0 spiro atoms. The van der Waals surface area contributed by atoms with Gasteiger partial charge in [0.1, 0.15) is 11.6 Å². The van der Waals surface area contributed by atoms with Crippen LogP contribution in [0.3, 0.4) is 0 Å². The highest BCUT2D eigenvalue weighted by Gasteiger charge is 2.19. The monoisotopic (exact) mass is 290 g/mol. The van der Waals surface area contributed by atoms with E-state index in [1.807, 2.05) is 30.3 Å². The molecule has 0 radical (unpaired) electrons. The summed E-state index contributed by atoms with van der Waals surface area (Å²) in [5.74, 6) is -1.95. The number of rotatable bonds is 5. The third-order valence-corrected chi connectivity index (χ3v) is 3.06. The van der Waals surface area contributed by atoms with Crippen LogP contribution < -0.4 is 5.73 Å². The van der Waals surface area contributed by atoms with E-state index in [0.29, 0.717) is 6.54 Å². The van der Waals surface area contributed by atoms with Crippen molar-refractivity contribution in [2.24, 2.45) is 5.73 Å². The van der Waals surface area contributed by atoms with Gasteiger partial charge in [-0.05, 0) is 23.8 Å². The van der Waals surface area contributed by atoms with Gasteiger partial charge in [-0.2, -0.15) is 0 Å². The molecule has 1 amide bonds. The first-order valence-corrected chi connectivity index (χ1v) is 6.60. The molecule has 2 rings (SSSR count). The first kappa shape index (κ1) is 15.1. The van der Waals surface area contributed by atoms with Gasteiger partial charge in [-0.1, -0.05) is 30.3 Å². The van der Waals surface area contributed by atoms with Crippen molar-refractivity contribution >= 4 is 5.91 Å². The van der Waals surface area contributed by atoms with E-state index in [1.165, 1.54) is 4.90 Å². The normalized spacial score (nSPS) is 10.4. The quantitative estimate of drug-likeness (QED) is 0.920. The number of hydrogen-bond acceptors (Lipinski definition) is 2. The Morgan fingerprint density at radius 1 is 1.10 bits per heavy atom. The molecule has 0 aliphatic heterocycles. The Kier molecular flexibility index (Phi) is 5.00. The Morgan fingerprint density at radius 2 is 1.81 bits per heavy atom. The summed E-state index contributed by atoms with van der Waals surface area (Å²) in [5.41, 5.74) is 6.13. The zero-order valence-electron chi connectivity index (χ0n) is 11.4. The lowest BCUT2D eigenvalue weighted by Crippen LogP contribution is -2.35. The summed E-state index contributed by atoms with van der Waals surface area (Å²) in [4.78, 5) is 13.8. The highest BCUT2D eigenvalue weighted by molar-refractivity contribution is 5.94. The van der Waals surface area contributed by atoms with Gasteiger partial charge in [0, 0.05) is 19.6 Å². The molecular weight excluding hydrogens is 274 g/mol. The second-order valence-electron chi connectivity index (χ2n) is 4.63. The fourth-order valence-corrected chi connectivity index (χ4v) is 2.04. The van der Waals surface area contributed by atoms with Gasteiger partial charge in [-0.15, -0.1) is 0 Å². The van der Waals surface area contributed by atoms with Crippen LogP contribution in [0.15, 0.2) is 48.5 Å². The highest BCUT2D eigenvalue weighted by atomic mass is 19.1. The van der Waals surface area contributed by atoms with Gasteiger partial charge in [-0.3, -0.25) is 4.79 Å². The molecule has 0 saturated carbocycles. The largest absolute Gasteiger partial charge is 0.333 e. The van der Waals surface area contributed by atoms with Gasteiger partial charge in [0.05, 0.1) is 5.56 Å². The number of amides is 1. The highest BCUT2D eigenvalue weighted by Crippen LogP contribution is 2.14. The molecule has 3 nitrogen and oxygen atoms in total. The number of nitrogens with zero attached hydrogens (tertiary/aromatic N) is 1. The van der Waals surface area contributed by atoms with Crippen LogP contribution in [-0.2, 0) is 6.54 Å². The van der Waals surface area contributed by atoms with E-state index in [0.717, 1.165) is 23.8 Å². The predicted octanol–water partition coefficient (Wildman–Crippen LogP) is 2.57. The van der Waals surface area contributed by atoms with E-state index < -0.39 is 17.5 Å². The third-order valence-electron chi connectivity index (χ3n) is 3.06. The van der Waals surface area contributed by atoms with E-state index in [-0.39, 0.29) is 18.7 Å². The third kappa shape index (κ3) is 3.86. The average molecular weight is 290 g/mol. The van der Waals surface area contributed by atoms with Crippen LogP contribution >= 0.6 is 0 Å². The van der Waals surface area contributed by atoms with Crippen LogP contribution in [0.25, 0.3) is 0 Å². The maximum absolute atomic E-state index is 13.7. The smallest absolute Gasteiger partial charge is 0.257 e. The molecule has 0 aliphatic rings. The van der Waals surface area contributed by atoms with Gasteiger partial charge < -0.3 is 10.6 Å². The Hall–Kier alpha value is -2.27. The minimum absolute atomic E-state index is 0.246. The molecule has 0 heterocycles. The standard InChI is InChI=1S/C16H16F2N2O/c17-13-6-7-15(18)14(10-13)16(21)20(9-8-19)11-12-4-2-1-3-5-12/h1-7,10H,8-9,11,19H2. The number of halogens is 2. The number of nitrogens with two attached hydrogens (primary N) is 1. The summed E-state index contributed by atoms with van der Waals surface area (Å²) in [6.45, 7) is 0.812. The fourth-order valence-electron chi connectivity index (χ4n) is 2.04. The first-order chi connectivity index (χ1) is 10.1. The van der Waals surface area contributed by atoms with Gasteiger partial charge >= 0.3 is 0 Å². The van der Waals surface area contributed by atoms with Gasteiger partial charge in [0.2, 0.25) is 0 Å². The van der Waals surface area contributed by atoms with Crippen molar-refractivity contribution in [1.82, 2.24) is 4.90 Å². The molecule has 2 aromatic carbocycles. The van der Waals surface area contributed by atoms with Crippen molar-refractivity contribution in [3.05, 3.63) is 71.3 Å². The van der Waals surface area contributed by atoms with Crippen molar-refractivity contribution in [2.45, 2.75) is 6.54 Å². The molecule has 0 bridgehead atoms. The van der Waals surface area contributed by atoms with Crippen LogP contribution in [0.1, 0.15) is 15.9 Å². The van der Waals surface area contributed by atoms with Crippen LogP contribution in [0.2, 0.25) is 0 Å². The second-order valence-corrected chi connectivity index (χ2v) is 4.63. The summed E-state index contributed by atoms with van der Waals surface area (Å²) in [5, 5.41) is 0. The Bertz CT molecular complexity index is 617. The summed E-state index contributed by atoms with van der Waals surface area (Å²) in [6, 6.07) is 12.1. The van der Waals surface area contributed by atoms with Crippen LogP contribution in [-0.4, -0.2) is 23.9 Å². The first-order valence-electron chi connectivity index (χ1n) is 6.60. The molecule has 0 aliphatic carbocycles. The molecule has 110 valence electrons. The van der Waals surface area contributed by atoms with Gasteiger partial charge in [0.15, 0.2) is 0 Å². The maximum atomic E-state index is 13.7. The molecule has 0 saturated heterocycles. The molecule has 2 aromatic rings. The fraction of sp³-hybridized carbons (Fsp3) is 0.188. The molecule has 0 aromatic heterocycles. The number of carbonyl (C=O) groups is 1. The van der Waals surface area contributed by atoms with E-state index >= 15 is 0 Å². The van der Waals surface area contributed by atoms with Crippen molar-refractivity contribution in [1.29, 1.82) is 0 Å². The van der Waals surface area contributed by atoms with Crippen LogP contribution in [0.5, 0.6) is 0 Å². The zero-order valence-corrected chi connectivity index (χ0v) is 11.4. The number of carbonyl (C=O) groups excluding carboxylic acids is 1. The number of benzene rings is 2. The molecule has 2 N–H and O–H groups in total. The SMILES string of the molecule is NCCN(Cc1ccccc1)C(=O)c1cc(F)ccc1F. The molecule has 0 fully saturated rings. The van der Waals surface area contributed by atoms with Crippen molar-refractivity contribution in [2.75, 3.05) is 13.1 Å². The molecular formula is C16H16F2N2O. The lowest BCUT2D eigenvalue weighted by Gasteiger charge is -2.22. The van der Waals surface area contributed by atoms with Crippen LogP contribution in [0, 0.1) is 11.6 Å². The van der Waals surface area contributed by atoms with Crippen molar-refractivity contribution < 1.29 is 13.6 Å². The van der Waals surface area contributed by atoms with Crippen LogP contribution in [0.4, 0.5) is 8.78 Å². The molecule has 5 heteroatoms. The molecule has 0 unspecified atom stereocenters. The summed E-state index contributed by atoms with van der Waals surface area (Å²) in [6.07, 6.45) is 0. The lowest BCUT2D eigenvalue weighted by molar-refractivity contribution is 0.0743. The Balaban J connectivity index is 2.25. The van der Waals surface area contributed by atoms with Gasteiger partial charge in [-0.25, -0.2) is 8.78 Å². The summed E-state index contributed by atoms with van der Waals surface area (Å²) in [7, 11) is 0. The minimum atomic E-state index is -0.739. The van der Waals surface area contributed by atoms with E-state index in [2.05, 4.69) is 0 Å². The summed E-state index contributed by atoms with van der Waals surface area (Å²) >= 11 is 0. The van der Waals surface area contributed by atoms with E-state index in [1.54, 1.807) is 0 Å².